The van der Waals surface area contributed by atoms with Gasteiger partial charge in [-0.15, -0.1) is 0 Å². The van der Waals surface area contributed by atoms with Gasteiger partial charge in [-0.2, -0.15) is 0 Å². The Morgan fingerprint density at radius 3 is 2.60 bits per heavy atom. The number of hydrogen-bond donors (Lipinski definition) is 4. The summed E-state index contributed by atoms with van der Waals surface area (Å²) < 4.78 is 41.7. The maximum absolute atomic E-state index is 15.7. The average Bonchev–Trinajstić information content (AvgIpc) is 3.08. The van der Waals surface area contributed by atoms with E-state index >= 15 is 4.39 Å². The van der Waals surface area contributed by atoms with Crippen LogP contribution in [0.4, 0.5) is 10.1 Å². The van der Waals surface area contributed by atoms with Crippen LogP contribution in [0, 0.1) is 6.92 Å². The lowest BCUT2D eigenvalue weighted by Gasteiger charge is -2.33. The minimum absolute atomic E-state index is 0.00427. The highest BCUT2D eigenvalue weighted by Gasteiger charge is 2.55. The second-order valence-corrected chi connectivity index (χ2v) is 11.6. The summed E-state index contributed by atoms with van der Waals surface area (Å²) in [7, 11) is -4.86. The summed E-state index contributed by atoms with van der Waals surface area (Å²) in [6, 6.07) is 14.4. The van der Waals surface area contributed by atoms with E-state index in [-0.39, 0.29) is 25.3 Å². The Labute approximate surface area is 230 Å². The molecule has 5 atom stereocenters. The summed E-state index contributed by atoms with van der Waals surface area (Å²) in [5, 5.41) is 10.8. The summed E-state index contributed by atoms with van der Waals surface area (Å²) in [5.74, 6) is 0. The number of ether oxygens (including phenoxy) is 2. The Morgan fingerprint density at radius 1 is 1.20 bits per heavy atom. The van der Waals surface area contributed by atoms with Crippen LogP contribution in [0.2, 0.25) is 0 Å². The van der Waals surface area contributed by atoms with Crippen LogP contribution >= 0.6 is 7.75 Å². The van der Waals surface area contributed by atoms with E-state index in [0.717, 1.165) is 39.6 Å². The molecule has 216 valence electrons. The van der Waals surface area contributed by atoms with Crippen molar-refractivity contribution in [3.63, 3.8) is 0 Å². The van der Waals surface area contributed by atoms with Gasteiger partial charge in [0.1, 0.15) is 6.10 Å². The minimum Gasteiger partial charge on any atom is -0.387 e. The molecule has 2 aromatic carbocycles. The smallest absolute Gasteiger partial charge is 0.387 e. The van der Waals surface area contributed by atoms with Gasteiger partial charge >= 0.3 is 13.4 Å². The zero-order valence-electron chi connectivity index (χ0n) is 22.3. The molecule has 0 amide bonds. The molecule has 4 rings (SSSR count). The molecule has 40 heavy (non-hydrogen) atoms. The summed E-state index contributed by atoms with van der Waals surface area (Å²) in [4.78, 5) is 46.3. The van der Waals surface area contributed by atoms with Gasteiger partial charge in [0.05, 0.1) is 31.0 Å². The third-order valence-corrected chi connectivity index (χ3v) is 8.06. The lowest BCUT2D eigenvalue weighted by atomic mass is 9.94. The van der Waals surface area contributed by atoms with Gasteiger partial charge in [-0.25, -0.2) is 13.8 Å². The van der Waals surface area contributed by atoms with Gasteiger partial charge in [0, 0.05) is 18.7 Å². The van der Waals surface area contributed by atoms with E-state index in [4.69, 9.17) is 9.47 Å². The first-order valence-electron chi connectivity index (χ1n) is 12.7. The number of hydrogen-bond acceptors (Lipinski definition) is 6. The van der Waals surface area contributed by atoms with Crippen molar-refractivity contribution in [2.45, 2.75) is 63.9 Å². The number of aliphatic hydroxyl groups is 1. The third kappa shape index (κ3) is 6.43. The number of halogens is 1. The van der Waals surface area contributed by atoms with Crippen LogP contribution in [0.25, 0.3) is 0 Å². The molecule has 0 spiro atoms. The van der Waals surface area contributed by atoms with E-state index in [1.165, 1.54) is 6.07 Å². The quantitative estimate of drug-likeness (QED) is 0.266. The second kappa shape index (κ2) is 11.8. The fourth-order valence-electron chi connectivity index (χ4n) is 4.97. The standard InChI is InChI=1S/C27H33FN3O8P/c1-17-7-6-8-19(13-17)16-38-15-18(2)31(40(35,36)37)21-10-5-4-9-20(21)14-22-24(33)27(3,28)25(39-22)30-12-11-23(32)29-26(30)34/h4-13,18,22,24-25,33H,14-16H2,1-3H3,(H,29,32,34)(H2,35,36,37)/t18?,22-,24-,25-,27-/m1/s1. The summed E-state index contributed by atoms with van der Waals surface area (Å²) in [5.41, 5.74) is -1.45. The number of rotatable bonds is 10. The molecule has 1 fully saturated rings. The number of para-hydroxylation sites is 1. The van der Waals surface area contributed by atoms with Gasteiger partial charge in [-0.3, -0.25) is 19.0 Å². The number of aromatic nitrogens is 2. The van der Waals surface area contributed by atoms with Crippen LogP contribution in [-0.4, -0.2) is 55.0 Å². The van der Waals surface area contributed by atoms with Crippen molar-refractivity contribution < 1.29 is 33.3 Å². The molecular weight excluding hydrogens is 544 g/mol. The lowest BCUT2D eigenvalue weighted by molar-refractivity contribution is -0.0503. The lowest BCUT2D eigenvalue weighted by Crippen LogP contribution is -2.43. The van der Waals surface area contributed by atoms with Crippen LogP contribution < -0.4 is 15.9 Å². The van der Waals surface area contributed by atoms with Crippen LogP contribution in [0.15, 0.2) is 70.4 Å². The van der Waals surface area contributed by atoms with Gasteiger partial charge in [0.25, 0.3) is 5.56 Å². The van der Waals surface area contributed by atoms with Gasteiger partial charge in [0.2, 0.25) is 0 Å². The van der Waals surface area contributed by atoms with Crippen molar-refractivity contribution in [1.82, 2.24) is 9.55 Å². The number of benzene rings is 2. The molecule has 1 aliphatic heterocycles. The van der Waals surface area contributed by atoms with E-state index in [1.54, 1.807) is 25.1 Å². The molecular formula is C27H33FN3O8P. The molecule has 3 aromatic rings. The topological polar surface area (TPSA) is 154 Å². The first-order chi connectivity index (χ1) is 18.8. The highest BCUT2D eigenvalue weighted by molar-refractivity contribution is 7.53. The normalized spacial score (nSPS) is 23.7. The van der Waals surface area contributed by atoms with Crippen molar-refractivity contribution in [1.29, 1.82) is 0 Å². The van der Waals surface area contributed by atoms with Gasteiger partial charge in [-0.1, -0.05) is 48.0 Å². The van der Waals surface area contributed by atoms with Crippen LogP contribution in [0.1, 0.15) is 36.8 Å². The first kappa shape index (κ1) is 29.9. The van der Waals surface area contributed by atoms with E-state index in [1.807, 2.05) is 36.2 Å². The Balaban J connectivity index is 1.56. The molecule has 1 saturated heterocycles. The number of aliphatic hydroxyl groups excluding tert-OH is 1. The fourth-order valence-corrected chi connectivity index (χ4v) is 6.03. The van der Waals surface area contributed by atoms with Crippen molar-refractivity contribution in [2.75, 3.05) is 11.3 Å². The minimum atomic E-state index is -4.86. The predicted octanol–water partition coefficient (Wildman–Crippen LogP) is 2.58. The SMILES string of the molecule is Cc1cccc(COCC(C)N(c2ccccc2C[C@H]2O[C@@H](n3ccc(=O)[nH]c3=O)[C@](C)(F)[C@@H]2O)P(=O)(O)O)c1. The summed E-state index contributed by atoms with van der Waals surface area (Å²) in [6.45, 7) is 4.91. The largest absolute Gasteiger partial charge is 0.430 e. The molecule has 1 aromatic heterocycles. The molecule has 4 N–H and O–H groups in total. The number of nitrogens with one attached hydrogen (secondary N) is 1. The average molecular weight is 578 g/mol. The molecule has 1 unspecified atom stereocenters. The molecule has 0 aliphatic carbocycles. The molecule has 1 aliphatic rings. The zero-order valence-corrected chi connectivity index (χ0v) is 23.2. The number of alkyl halides is 1. The predicted molar refractivity (Wildman–Crippen MR) is 146 cm³/mol. The summed E-state index contributed by atoms with van der Waals surface area (Å²) >= 11 is 0. The third-order valence-electron chi connectivity index (χ3n) is 6.89. The molecule has 0 saturated carbocycles. The molecule has 0 radical (unpaired) electrons. The van der Waals surface area contributed by atoms with Crippen molar-refractivity contribution >= 4 is 13.4 Å². The van der Waals surface area contributed by atoms with Gasteiger partial charge in [-0.05, 0) is 38.0 Å². The van der Waals surface area contributed by atoms with Crippen LogP contribution in [-0.2, 0) is 27.1 Å². The summed E-state index contributed by atoms with van der Waals surface area (Å²) in [6.07, 6.45) is -3.45. The maximum Gasteiger partial charge on any atom is 0.430 e. The van der Waals surface area contributed by atoms with E-state index in [2.05, 4.69) is 0 Å². The van der Waals surface area contributed by atoms with Crippen LogP contribution in [0.3, 0.4) is 0 Å². The number of aryl methyl sites for hydroxylation is 1. The molecule has 2 heterocycles. The number of H-pyrrole nitrogens is 1. The Bertz CT molecular complexity index is 1500. The molecule has 0 bridgehead atoms. The monoisotopic (exact) mass is 577 g/mol. The highest BCUT2D eigenvalue weighted by atomic mass is 31.2. The first-order valence-corrected chi connectivity index (χ1v) is 14.3. The Morgan fingerprint density at radius 2 is 1.93 bits per heavy atom. The van der Waals surface area contributed by atoms with E-state index < -0.39 is 49.1 Å². The zero-order chi connectivity index (χ0) is 29.2. The van der Waals surface area contributed by atoms with E-state index in [0.29, 0.717) is 5.56 Å². The van der Waals surface area contributed by atoms with Crippen molar-refractivity contribution in [2.24, 2.45) is 0 Å². The van der Waals surface area contributed by atoms with Gasteiger partial charge < -0.3 is 24.4 Å². The second-order valence-electron chi connectivity index (χ2n) is 10.2. The van der Waals surface area contributed by atoms with E-state index in [9.17, 15) is 29.0 Å². The Hall–Kier alpha value is -3.12. The number of nitrogens with zero attached hydrogens (tertiary/aromatic N) is 2. The number of aromatic amines is 1. The van der Waals surface area contributed by atoms with Crippen LogP contribution in [0.5, 0.6) is 0 Å². The van der Waals surface area contributed by atoms with Gasteiger partial charge in [0.15, 0.2) is 11.9 Å². The maximum atomic E-state index is 15.7. The van der Waals surface area contributed by atoms with Crippen molar-refractivity contribution in [3.05, 3.63) is 98.3 Å². The highest BCUT2D eigenvalue weighted by Crippen LogP contribution is 2.48. The number of anilines is 1. The molecule has 13 heteroatoms. The fraction of sp³-hybridized carbons (Fsp3) is 0.407. The Kier molecular flexibility index (Phi) is 8.79. The van der Waals surface area contributed by atoms with Crippen molar-refractivity contribution in [3.8, 4) is 0 Å². The molecule has 11 nitrogen and oxygen atoms in total.